The molecule has 1 unspecified atom stereocenters. The predicted molar refractivity (Wildman–Crippen MR) is 61.9 cm³/mol. The molecule has 3 nitrogen and oxygen atoms in total. The van der Waals surface area contributed by atoms with Gasteiger partial charge in [0.05, 0.1) is 0 Å². The summed E-state index contributed by atoms with van der Waals surface area (Å²) in [7, 11) is 0. The molecule has 1 N–H and O–H groups in total. The van der Waals surface area contributed by atoms with Gasteiger partial charge in [-0.15, -0.1) is 0 Å². The number of aromatic nitrogens is 2. The summed E-state index contributed by atoms with van der Waals surface area (Å²) in [6.45, 7) is 9.28. The standard InChI is InChI=1S/C12H21N3/c1-10(2)15-8-4-6-12(3,9-15)11-5-7-13-14-11/h5,7,10H,4,6,8-9H2,1-3H3,(H,13,14). The summed E-state index contributed by atoms with van der Waals surface area (Å²) in [4.78, 5) is 2.56. The van der Waals surface area contributed by atoms with Gasteiger partial charge in [-0.3, -0.25) is 5.10 Å². The second-order valence-electron chi connectivity index (χ2n) is 5.20. The monoisotopic (exact) mass is 207 g/mol. The molecule has 1 saturated heterocycles. The van der Waals surface area contributed by atoms with Crippen molar-refractivity contribution in [1.82, 2.24) is 15.1 Å². The van der Waals surface area contributed by atoms with E-state index in [0.29, 0.717) is 6.04 Å². The Bertz CT molecular complexity index is 305. The van der Waals surface area contributed by atoms with E-state index in [0.717, 1.165) is 6.54 Å². The topological polar surface area (TPSA) is 31.9 Å². The minimum Gasteiger partial charge on any atom is -0.300 e. The number of hydrogen-bond donors (Lipinski definition) is 1. The molecular weight excluding hydrogens is 186 g/mol. The minimum absolute atomic E-state index is 0.263. The summed E-state index contributed by atoms with van der Waals surface area (Å²) in [6.07, 6.45) is 4.40. The number of piperidine rings is 1. The first kappa shape index (κ1) is 10.7. The second-order valence-corrected chi connectivity index (χ2v) is 5.20. The third kappa shape index (κ3) is 2.07. The fourth-order valence-corrected chi connectivity index (χ4v) is 2.53. The van der Waals surface area contributed by atoms with Gasteiger partial charge in [0.25, 0.3) is 0 Å². The first-order chi connectivity index (χ1) is 7.12. The number of aromatic amines is 1. The van der Waals surface area contributed by atoms with E-state index in [9.17, 15) is 0 Å². The van der Waals surface area contributed by atoms with Crippen LogP contribution in [0.25, 0.3) is 0 Å². The van der Waals surface area contributed by atoms with Gasteiger partial charge in [0.1, 0.15) is 0 Å². The number of nitrogens with one attached hydrogen (secondary N) is 1. The number of hydrogen-bond acceptors (Lipinski definition) is 2. The molecule has 1 fully saturated rings. The first-order valence-corrected chi connectivity index (χ1v) is 5.86. The Balaban J connectivity index is 2.15. The number of H-pyrrole nitrogens is 1. The van der Waals surface area contributed by atoms with E-state index in [-0.39, 0.29) is 5.41 Å². The molecule has 0 aliphatic carbocycles. The first-order valence-electron chi connectivity index (χ1n) is 5.86. The largest absolute Gasteiger partial charge is 0.300 e. The summed E-state index contributed by atoms with van der Waals surface area (Å²) in [6, 6.07) is 2.76. The molecule has 0 bridgehead atoms. The van der Waals surface area contributed by atoms with Crippen LogP contribution in [0.3, 0.4) is 0 Å². The Morgan fingerprint density at radius 2 is 2.33 bits per heavy atom. The van der Waals surface area contributed by atoms with E-state index in [1.54, 1.807) is 0 Å². The van der Waals surface area contributed by atoms with Crippen molar-refractivity contribution in [3.05, 3.63) is 18.0 Å². The van der Waals surface area contributed by atoms with Gasteiger partial charge in [0.15, 0.2) is 0 Å². The summed E-state index contributed by atoms with van der Waals surface area (Å²) in [5, 5.41) is 7.20. The molecule has 0 saturated carbocycles. The van der Waals surface area contributed by atoms with E-state index < -0.39 is 0 Å². The fraction of sp³-hybridized carbons (Fsp3) is 0.750. The van der Waals surface area contributed by atoms with Crippen molar-refractivity contribution in [2.24, 2.45) is 0 Å². The van der Waals surface area contributed by atoms with E-state index in [1.807, 2.05) is 6.20 Å². The van der Waals surface area contributed by atoms with Gasteiger partial charge in [0.2, 0.25) is 0 Å². The Kier molecular flexibility index (Phi) is 2.83. The van der Waals surface area contributed by atoms with E-state index in [4.69, 9.17) is 0 Å². The van der Waals surface area contributed by atoms with Crippen LogP contribution in [0.2, 0.25) is 0 Å². The van der Waals surface area contributed by atoms with Gasteiger partial charge in [-0.1, -0.05) is 6.92 Å². The maximum absolute atomic E-state index is 4.07. The highest BCUT2D eigenvalue weighted by atomic mass is 15.2. The van der Waals surface area contributed by atoms with Gasteiger partial charge < -0.3 is 4.90 Å². The quantitative estimate of drug-likeness (QED) is 0.806. The van der Waals surface area contributed by atoms with Crippen LogP contribution in [0.1, 0.15) is 39.3 Å². The summed E-state index contributed by atoms with van der Waals surface area (Å²) in [5.41, 5.74) is 1.55. The van der Waals surface area contributed by atoms with Gasteiger partial charge in [-0.2, -0.15) is 5.10 Å². The van der Waals surface area contributed by atoms with Gasteiger partial charge in [-0.05, 0) is 39.3 Å². The lowest BCUT2D eigenvalue weighted by molar-refractivity contribution is 0.123. The van der Waals surface area contributed by atoms with Crippen LogP contribution in [0.5, 0.6) is 0 Å². The molecule has 2 rings (SSSR count). The molecular formula is C12H21N3. The minimum atomic E-state index is 0.263. The lowest BCUT2D eigenvalue weighted by atomic mass is 9.78. The number of rotatable bonds is 2. The molecule has 0 aromatic carbocycles. The van der Waals surface area contributed by atoms with Gasteiger partial charge in [0, 0.05) is 29.9 Å². The van der Waals surface area contributed by atoms with E-state index in [1.165, 1.54) is 25.1 Å². The molecule has 3 heteroatoms. The SMILES string of the molecule is CC(C)N1CCCC(C)(c2ccn[nH]2)C1. The highest BCUT2D eigenvalue weighted by molar-refractivity contribution is 5.15. The molecule has 0 radical (unpaired) electrons. The average molecular weight is 207 g/mol. The highest BCUT2D eigenvalue weighted by Gasteiger charge is 2.34. The van der Waals surface area contributed by atoms with Crippen LogP contribution in [0.4, 0.5) is 0 Å². The Morgan fingerprint density at radius 3 is 2.93 bits per heavy atom. The van der Waals surface area contributed by atoms with Crippen molar-refractivity contribution in [1.29, 1.82) is 0 Å². The maximum atomic E-state index is 4.07. The zero-order chi connectivity index (χ0) is 10.9. The zero-order valence-electron chi connectivity index (χ0n) is 9.95. The van der Waals surface area contributed by atoms with Crippen LogP contribution in [0.15, 0.2) is 12.3 Å². The normalized spacial score (nSPS) is 28.5. The Labute approximate surface area is 91.9 Å². The molecule has 0 amide bonds. The van der Waals surface area contributed by atoms with Crippen LogP contribution in [-0.4, -0.2) is 34.2 Å². The maximum Gasteiger partial charge on any atom is 0.0490 e. The average Bonchev–Trinajstić information content (AvgIpc) is 2.71. The zero-order valence-corrected chi connectivity index (χ0v) is 9.95. The molecule has 0 spiro atoms. The van der Waals surface area contributed by atoms with Crippen molar-refractivity contribution in [2.75, 3.05) is 13.1 Å². The van der Waals surface area contributed by atoms with Gasteiger partial charge in [-0.25, -0.2) is 0 Å². The second kappa shape index (κ2) is 3.97. The third-order valence-corrected chi connectivity index (χ3v) is 3.61. The Hall–Kier alpha value is -0.830. The molecule has 1 aliphatic heterocycles. The summed E-state index contributed by atoms with van der Waals surface area (Å²) in [5.74, 6) is 0. The lowest BCUT2D eigenvalue weighted by Gasteiger charge is -2.41. The number of nitrogens with zero attached hydrogens (tertiary/aromatic N) is 2. The number of likely N-dealkylation sites (tertiary alicyclic amines) is 1. The molecule has 1 atom stereocenters. The van der Waals surface area contributed by atoms with Crippen LogP contribution in [-0.2, 0) is 5.41 Å². The molecule has 15 heavy (non-hydrogen) atoms. The van der Waals surface area contributed by atoms with Crippen LogP contribution in [0, 0.1) is 0 Å². The molecule has 1 aliphatic rings. The molecule has 2 heterocycles. The van der Waals surface area contributed by atoms with Crippen LogP contribution < -0.4 is 0 Å². The van der Waals surface area contributed by atoms with Crippen LogP contribution >= 0.6 is 0 Å². The fourth-order valence-electron chi connectivity index (χ4n) is 2.53. The summed E-state index contributed by atoms with van der Waals surface area (Å²) >= 11 is 0. The predicted octanol–water partition coefficient (Wildman–Crippen LogP) is 2.17. The van der Waals surface area contributed by atoms with E-state index >= 15 is 0 Å². The van der Waals surface area contributed by atoms with E-state index in [2.05, 4.69) is 41.9 Å². The van der Waals surface area contributed by atoms with Crippen molar-refractivity contribution in [2.45, 2.75) is 45.1 Å². The smallest absolute Gasteiger partial charge is 0.0490 e. The van der Waals surface area contributed by atoms with Crippen molar-refractivity contribution in [3.63, 3.8) is 0 Å². The van der Waals surface area contributed by atoms with Crippen molar-refractivity contribution in [3.8, 4) is 0 Å². The molecule has 84 valence electrons. The molecule has 1 aromatic rings. The third-order valence-electron chi connectivity index (χ3n) is 3.61. The molecule has 1 aromatic heterocycles. The van der Waals surface area contributed by atoms with Gasteiger partial charge >= 0.3 is 0 Å². The summed E-state index contributed by atoms with van der Waals surface area (Å²) < 4.78 is 0. The van der Waals surface area contributed by atoms with Crippen molar-refractivity contribution >= 4 is 0 Å². The highest BCUT2D eigenvalue weighted by Crippen LogP contribution is 2.32. The Morgan fingerprint density at radius 1 is 1.53 bits per heavy atom. The van der Waals surface area contributed by atoms with Crippen molar-refractivity contribution < 1.29 is 0 Å². The lowest BCUT2D eigenvalue weighted by Crippen LogP contribution is -2.47.